The predicted molar refractivity (Wildman–Crippen MR) is 80.6 cm³/mol. The molecule has 0 saturated carbocycles. The third-order valence-corrected chi connectivity index (χ3v) is 2.79. The number of rotatable bonds is 5. The number of carbonyl (C=O) groups excluding carboxylic acids is 1. The normalized spacial score (nSPS) is 12.6. The van der Waals surface area contributed by atoms with Crippen LogP contribution in [0.4, 0.5) is 4.79 Å². The van der Waals surface area contributed by atoms with E-state index in [4.69, 9.17) is 21.4 Å². The van der Waals surface area contributed by atoms with Crippen LogP contribution < -0.4 is 5.32 Å². The summed E-state index contributed by atoms with van der Waals surface area (Å²) in [6, 6.07) is 6.50. The zero-order chi connectivity index (χ0) is 16.0. The van der Waals surface area contributed by atoms with E-state index in [0.29, 0.717) is 11.4 Å². The molecule has 0 fully saturated rings. The van der Waals surface area contributed by atoms with Crippen LogP contribution in [0.5, 0.6) is 0 Å². The summed E-state index contributed by atoms with van der Waals surface area (Å²) in [5, 5.41) is 12.1. The van der Waals surface area contributed by atoms with E-state index in [9.17, 15) is 9.59 Å². The van der Waals surface area contributed by atoms with Gasteiger partial charge in [0.2, 0.25) is 0 Å². The highest BCUT2D eigenvalue weighted by molar-refractivity contribution is 6.30. The second-order valence-corrected chi connectivity index (χ2v) is 6.21. The minimum Gasteiger partial charge on any atom is -0.481 e. The fourth-order valence-electron chi connectivity index (χ4n) is 1.76. The number of carboxylic acid groups (broad SMARTS) is 1. The van der Waals surface area contributed by atoms with Gasteiger partial charge < -0.3 is 15.2 Å². The summed E-state index contributed by atoms with van der Waals surface area (Å²) in [7, 11) is 0. The Hall–Kier alpha value is -1.75. The molecule has 0 radical (unpaired) electrons. The Kier molecular flexibility index (Phi) is 6.03. The molecule has 0 aromatic heterocycles. The number of nitrogens with one attached hydrogen (secondary N) is 1. The molecular weight excluding hydrogens is 294 g/mol. The Bertz CT molecular complexity index is 493. The molecular formula is C15H20ClNO4. The molecule has 1 amide bonds. The molecule has 1 atom stereocenters. The van der Waals surface area contributed by atoms with E-state index in [2.05, 4.69) is 5.32 Å². The Balaban J connectivity index is 2.69. The molecule has 116 valence electrons. The summed E-state index contributed by atoms with van der Waals surface area (Å²) < 4.78 is 5.14. The zero-order valence-electron chi connectivity index (χ0n) is 12.4. The van der Waals surface area contributed by atoms with E-state index in [1.54, 1.807) is 45.0 Å². The van der Waals surface area contributed by atoms with Crippen LogP contribution in [0.3, 0.4) is 0 Å². The van der Waals surface area contributed by atoms with E-state index < -0.39 is 23.7 Å². The molecule has 21 heavy (non-hydrogen) atoms. The number of amides is 1. The average Bonchev–Trinajstić information content (AvgIpc) is 2.28. The minimum absolute atomic E-state index is 0.179. The van der Waals surface area contributed by atoms with Gasteiger partial charge in [0.25, 0.3) is 0 Å². The van der Waals surface area contributed by atoms with Crippen LogP contribution in [0.1, 0.15) is 32.8 Å². The monoisotopic (exact) mass is 313 g/mol. The van der Waals surface area contributed by atoms with Crippen LogP contribution >= 0.6 is 11.6 Å². The summed E-state index contributed by atoms with van der Waals surface area (Å²) >= 11 is 5.81. The van der Waals surface area contributed by atoms with E-state index in [0.717, 1.165) is 5.56 Å². The van der Waals surface area contributed by atoms with Crippen LogP contribution in [0.25, 0.3) is 0 Å². The molecule has 6 heteroatoms. The maximum atomic E-state index is 11.7. The Labute approximate surface area is 129 Å². The zero-order valence-corrected chi connectivity index (χ0v) is 13.1. The first kappa shape index (κ1) is 17.3. The molecule has 1 unspecified atom stereocenters. The van der Waals surface area contributed by atoms with E-state index >= 15 is 0 Å². The van der Waals surface area contributed by atoms with Crippen LogP contribution in [-0.2, 0) is 16.0 Å². The van der Waals surface area contributed by atoms with Crippen molar-refractivity contribution >= 4 is 23.7 Å². The average molecular weight is 314 g/mol. The Morgan fingerprint density at radius 3 is 2.33 bits per heavy atom. The summed E-state index contributed by atoms with van der Waals surface area (Å²) in [6.07, 6.45) is -0.410. The van der Waals surface area contributed by atoms with Gasteiger partial charge in [-0.2, -0.15) is 0 Å². The van der Waals surface area contributed by atoms with Crippen LogP contribution in [0, 0.1) is 0 Å². The van der Waals surface area contributed by atoms with Crippen LogP contribution in [0.15, 0.2) is 24.3 Å². The highest BCUT2D eigenvalue weighted by Crippen LogP contribution is 2.13. The molecule has 0 aliphatic carbocycles. The summed E-state index contributed by atoms with van der Waals surface area (Å²) in [5.41, 5.74) is 0.264. The molecule has 0 aliphatic rings. The highest BCUT2D eigenvalue weighted by atomic mass is 35.5. The fraction of sp³-hybridized carbons (Fsp3) is 0.467. The van der Waals surface area contributed by atoms with Crippen molar-refractivity contribution in [3.8, 4) is 0 Å². The lowest BCUT2D eigenvalue weighted by Gasteiger charge is -2.23. The summed E-state index contributed by atoms with van der Waals surface area (Å²) in [5.74, 6) is -0.981. The second kappa shape index (κ2) is 7.31. The van der Waals surface area contributed by atoms with E-state index in [-0.39, 0.29) is 6.42 Å². The third-order valence-electron chi connectivity index (χ3n) is 2.54. The number of alkyl carbamates (subject to hydrolysis) is 1. The van der Waals surface area contributed by atoms with Gasteiger partial charge in [0, 0.05) is 11.1 Å². The van der Waals surface area contributed by atoms with E-state index in [1.807, 2.05) is 0 Å². The minimum atomic E-state index is -0.981. The topological polar surface area (TPSA) is 75.6 Å². The quantitative estimate of drug-likeness (QED) is 0.875. The number of ether oxygens (including phenoxy) is 1. The largest absolute Gasteiger partial charge is 0.481 e. The van der Waals surface area contributed by atoms with Gasteiger partial charge in [-0.3, -0.25) is 4.79 Å². The molecule has 5 nitrogen and oxygen atoms in total. The smallest absolute Gasteiger partial charge is 0.407 e. The highest BCUT2D eigenvalue weighted by Gasteiger charge is 2.21. The number of carbonyl (C=O) groups is 2. The molecule has 2 N–H and O–H groups in total. The first-order chi connectivity index (χ1) is 9.65. The van der Waals surface area contributed by atoms with Crippen molar-refractivity contribution in [2.75, 3.05) is 0 Å². The lowest BCUT2D eigenvalue weighted by atomic mass is 10.0. The number of hydrogen-bond donors (Lipinski definition) is 2. The molecule has 0 heterocycles. The van der Waals surface area contributed by atoms with Crippen LogP contribution in [0.2, 0.25) is 5.02 Å². The second-order valence-electron chi connectivity index (χ2n) is 5.77. The number of carboxylic acids is 1. The lowest BCUT2D eigenvalue weighted by molar-refractivity contribution is -0.137. The van der Waals surface area contributed by atoms with Gasteiger partial charge >= 0.3 is 12.1 Å². The van der Waals surface area contributed by atoms with Gasteiger partial charge in [0.15, 0.2) is 0 Å². The number of aliphatic carboxylic acids is 1. The standard InChI is InChI=1S/C15H20ClNO4/c1-15(2,3)21-14(20)17-12(9-13(18)19)8-10-4-6-11(16)7-5-10/h4-7,12H,8-9H2,1-3H3,(H,17,20)(H,18,19). The van der Waals surface area contributed by atoms with Gasteiger partial charge in [0.1, 0.15) is 5.60 Å². The van der Waals surface area contributed by atoms with Crippen LogP contribution in [-0.4, -0.2) is 28.8 Å². The van der Waals surface area contributed by atoms with Crippen molar-refractivity contribution in [3.63, 3.8) is 0 Å². The molecule has 1 rings (SSSR count). The van der Waals surface area contributed by atoms with Gasteiger partial charge in [-0.1, -0.05) is 23.7 Å². The van der Waals surface area contributed by atoms with Crippen molar-refractivity contribution < 1.29 is 19.4 Å². The molecule has 0 bridgehead atoms. The van der Waals surface area contributed by atoms with Crippen molar-refractivity contribution in [1.29, 1.82) is 0 Å². The van der Waals surface area contributed by atoms with Gasteiger partial charge in [-0.05, 0) is 44.9 Å². The molecule has 0 spiro atoms. The van der Waals surface area contributed by atoms with Gasteiger partial charge in [0.05, 0.1) is 6.42 Å². The summed E-state index contributed by atoms with van der Waals surface area (Å²) in [4.78, 5) is 22.7. The number of hydrogen-bond acceptors (Lipinski definition) is 3. The summed E-state index contributed by atoms with van der Waals surface area (Å²) in [6.45, 7) is 5.24. The number of halogens is 1. The fourth-order valence-corrected chi connectivity index (χ4v) is 1.89. The van der Waals surface area contributed by atoms with Crippen molar-refractivity contribution in [2.45, 2.75) is 45.3 Å². The SMILES string of the molecule is CC(C)(C)OC(=O)NC(CC(=O)O)Cc1ccc(Cl)cc1. The van der Waals surface area contributed by atoms with Crippen molar-refractivity contribution in [1.82, 2.24) is 5.32 Å². The molecule has 0 saturated heterocycles. The number of benzene rings is 1. The molecule has 1 aromatic rings. The van der Waals surface area contributed by atoms with E-state index in [1.165, 1.54) is 0 Å². The lowest BCUT2D eigenvalue weighted by Crippen LogP contribution is -2.41. The van der Waals surface area contributed by atoms with Crippen molar-refractivity contribution in [2.24, 2.45) is 0 Å². The third kappa shape index (κ3) is 7.56. The first-order valence-electron chi connectivity index (χ1n) is 6.61. The molecule has 1 aromatic carbocycles. The maximum absolute atomic E-state index is 11.7. The van der Waals surface area contributed by atoms with Crippen molar-refractivity contribution in [3.05, 3.63) is 34.9 Å². The Morgan fingerprint density at radius 2 is 1.86 bits per heavy atom. The predicted octanol–water partition coefficient (Wildman–Crippen LogP) is 3.25. The first-order valence-corrected chi connectivity index (χ1v) is 6.99. The molecule has 0 aliphatic heterocycles. The van der Waals surface area contributed by atoms with Gasteiger partial charge in [-0.15, -0.1) is 0 Å². The maximum Gasteiger partial charge on any atom is 0.407 e. The Morgan fingerprint density at radius 1 is 1.29 bits per heavy atom. The van der Waals surface area contributed by atoms with Gasteiger partial charge in [-0.25, -0.2) is 4.79 Å².